The molecule has 1 aliphatic heterocycles. The molecule has 2 aliphatic rings. The number of halogens is 1. The molecule has 1 amide bonds. The minimum Gasteiger partial charge on any atom is -0.467 e. The lowest BCUT2D eigenvalue weighted by Gasteiger charge is -2.27. The second-order valence-electron chi connectivity index (χ2n) is 7.29. The normalized spacial score (nSPS) is 22.6. The number of carbonyl (C=O) groups is 1. The Morgan fingerprint density at radius 2 is 2.00 bits per heavy atom. The van der Waals surface area contributed by atoms with E-state index < -0.39 is 0 Å². The Kier molecular flexibility index (Phi) is 4.60. The van der Waals surface area contributed by atoms with Crippen molar-refractivity contribution in [3.8, 4) is 0 Å². The molecule has 0 unspecified atom stereocenters. The first kappa shape index (κ1) is 18.0. The maximum absolute atomic E-state index is 13.4. The number of fused-ring (bicyclic) bond motifs is 1. The number of hydrogen-bond acceptors (Lipinski definition) is 4. The molecule has 2 atom stereocenters. The zero-order valence-corrected chi connectivity index (χ0v) is 16.4. The number of benzene rings is 1. The van der Waals surface area contributed by atoms with Crippen molar-refractivity contribution in [3.63, 3.8) is 0 Å². The van der Waals surface area contributed by atoms with Gasteiger partial charge in [-0.3, -0.25) is 4.79 Å². The van der Waals surface area contributed by atoms with Crippen LogP contribution in [0.15, 0.2) is 80.6 Å². The first-order chi connectivity index (χ1) is 14.2. The van der Waals surface area contributed by atoms with E-state index in [2.05, 4.69) is 0 Å². The number of rotatable bonds is 3. The molecule has 0 bridgehead atoms. The highest BCUT2D eigenvalue weighted by Gasteiger charge is 2.45. The molecule has 0 spiro atoms. The van der Waals surface area contributed by atoms with Crippen LogP contribution in [-0.4, -0.2) is 16.6 Å². The summed E-state index contributed by atoms with van der Waals surface area (Å²) in [7, 11) is 0. The van der Waals surface area contributed by atoms with Gasteiger partial charge in [0.05, 0.1) is 18.2 Å². The molecule has 3 aromatic rings. The van der Waals surface area contributed by atoms with E-state index in [-0.39, 0.29) is 17.9 Å². The molecule has 5 rings (SSSR count). The van der Waals surface area contributed by atoms with E-state index in [0.717, 1.165) is 42.1 Å². The van der Waals surface area contributed by atoms with Gasteiger partial charge < -0.3 is 8.83 Å². The fourth-order valence-electron chi connectivity index (χ4n) is 4.20. The zero-order valence-electron chi connectivity index (χ0n) is 15.6. The van der Waals surface area contributed by atoms with Gasteiger partial charge in [0.15, 0.2) is 0 Å². The average molecular weight is 407 g/mol. The van der Waals surface area contributed by atoms with Crippen molar-refractivity contribution in [2.75, 3.05) is 0 Å². The first-order valence-electron chi connectivity index (χ1n) is 9.66. The molecule has 0 radical (unpaired) electrons. The second-order valence-corrected chi connectivity index (χ2v) is 7.73. The van der Waals surface area contributed by atoms with Gasteiger partial charge in [-0.05, 0) is 73.4 Å². The summed E-state index contributed by atoms with van der Waals surface area (Å²) < 4.78 is 11.2. The summed E-state index contributed by atoms with van der Waals surface area (Å²) in [4.78, 5) is 13.4. The molecule has 1 aliphatic carbocycles. The molecule has 1 aromatic carbocycles. The van der Waals surface area contributed by atoms with Crippen LogP contribution in [0, 0.1) is 5.92 Å². The summed E-state index contributed by atoms with van der Waals surface area (Å²) >= 11 is 6.11. The molecule has 6 heteroatoms. The van der Waals surface area contributed by atoms with Crippen molar-refractivity contribution in [2.24, 2.45) is 11.0 Å². The summed E-state index contributed by atoms with van der Waals surface area (Å²) in [6, 6.07) is 14.2. The number of hydrogen-bond donors (Lipinski definition) is 0. The Bertz CT molecular complexity index is 1080. The number of furan rings is 2. The van der Waals surface area contributed by atoms with Crippen LogP contribution in [0.2, 0.25) is 5.02 Å². The Hall–Kier alpha value is -3.05. The quantitative estimate of drug-likeness (QED) is 0.539. The van der Waals surface area contributed by atoms with Crippen molar-refractivity contribution in [1.82, 2.24) is 5.01 Å². The van der Waals surface area contributed by atoms with Gasteiger partial charge >= 0.3 is 0 Å². The monoisotopic (exact) mass is 406 g/mol. The van der Waals surface area contributed by atoms with Crippen LogP contribution in [0.4, 0.5) is 0 Å². The second kappa shape index (κ2) is 7.41. The van der Waals surface area contributed by atoms with Crippen molar-refractivity contribution < 1.29 is 13.6 Å². The third-order valence-electron chi connectivity index (χ3n) is 5.48. The molecule has 29 heavy (non-hydrogen) atoms. The summed E-state index contributed by atoms with van der Waals surface area (Å²) in [5.41, 5.74) is 2.55. The fourth-order valence-corrected chi connectivity index (χ4v) is 4.40. The van der Waals surface area contributed by atoms with Gasteiger partial charge in [-0.25, -0.2) is 5.01 Å². The van der Waals surface area contributed by atoms with Crippen LogP contribution in [0.5, 0.6) is 0 Å². The number of hydrazone groups is 1. The zero-order chi connectivity index (χ0) is 19.8. The van der Waals surface area contributed by atoms with Crippen LogP contribution < -0.4 is 0 Å². The minimum atomic E-state index is -0.271. The van der Waals surface area contributed by atoms with Crippen LogP contribution >= 0.6 is 11.6 Å². The molecule has 0 N–H and O–H groups in total. The molecular weight excluding hydrogens is 388 g/mol. The maximum Gasteiger partial charge on any atom is 0.274 e. The van der Waals surface area contributed by atoms with Crippen molar-refractivity contribution in [1.29, 1.82) is 0 Å². The van der Waals surface area contributed by atoms with Crippen LogP contribution in [0.1, 0.15) is 47.2 Å². The van der Waals surface area contributed by atoms with Gasteiger partial charge in [0.25, 0.3) is 5.91 Å². The molecule has 3 heterocycles. The Balaban J connectivity index is 1.57. The largest absolute Gasteiger partial charge is 0.467 e. The highest BCUT2D eigenvalue weighted by molar-refractivity contribution is 6.31. The van der Waals surface area contributed by atoms with E-state index in [1.165, 1.54) is 0 Å². The average Bonchev–Trinajstić information content (AvgIpc) is 3.48. The fraction of sp³-hybridized carbons (Fsp3) is 0.217. The van der Waals surface area contributed by atoms with E-state index in [0.29, 0.717) is 10.6 Å². The van der Waals surface area contributed by atoms with Crippen LogP contribution in [0.3, 0.4) is 0 Å². The third kappa shape index (κ3) is 3.32. The first-order valence-corrected chi connectivity index (χ1v) is 10.0. The highest BCUT2D eigenvalue weighted by Crippen LogP contribution is 2.45. The smallest absolute Gasteiger partial charge is 0.274 e. The lowest BCUT2D eigenvalue weighted by Crippen LogP contribution is -2.31. The van der Waals surface area contributed by atoms with Crippen molar-refractivity contribution in [3.05, 3.63) is 88.7 Å². The Morgan fingerprint density at radius 1 is 1.14 bits per heavy atom. The molecule has 0 saturated heterocycles. The highest BCUT2D eigenvalue weighted by atomic mass is 35.5. The number of carbonyl (C=O) groups excluding carboxylic acids is 1. The van der Waals surface area contributed by atoms with Crippen molar-refractivity contribution in [2.45, 2.75) is 25.3 Å². The number of nitrogens with zero attached hydrogens (tertiary/aromatic N) is 2. The van der Waals surface area contributed by atoms with E-state index in [9.17, 15) is 4.79 Å². The van der Waals surface area contributed by atoms with Gasteiger partial charge in [0, 0.05) is 16.5 Å². The molecule has 2 aromatic heterocycles. The Labute approximate surface area is 173 Å². The molecular formula is C23H19ClN2O3. The SMILES string of the molecule is O=C(c1cccc(Cl)c1)N1N=C2/C(=C\c3ccco3)CCC[C@H]2[C@@H]1c1ccco1. The summed E-state index contributed by atoms with van der Waals surface area (Å²) in [6.07, 6.45) is 8.19. The lowest BCUT2D eigenvalue weighted by atomic mass is 9.79. The van der Waals surface area contributed by atoms with E-state index in [1.54, 1.807) is 41.8 Å². The minimum absolute atomic E-state index is 0.0826. The van der Waals surface area contributed by atoms with Gasteiger partial charge in [-0.1, -0.05) is 17.7 Å². The summed E-state index contributed by atoms with van der Waals surface area (Å²) in [5.74, 6) is 1.42. The maximum atomic E-state index is 13.4. The van der Waals surface area contributed by atoms with Crippen LogP contribution in [0.25, 0.3) is 6.08 Å². The van der Waals surface area contributed by atoms with E-state index in [4.69, 9.17) is 25.5 Å². The van der Waals surface area contributed by atoms with Crippen molar-refractivity contribution >= 4 is 29.3 Å². The Morgan fingerprint density at radius 3 is 2.76 bits per heavy atom. The van der Waals surface area contributed by atoms with Crippen LogP contribution in [-0.2, 0) is 0 Å². The summed E-state index contributed by atoms with van der Waals surface area (Å²) in [6.45, 7) is 0. The topological polar surface area (TPSA) is 59.0 Å². The molecule has 1 saturated carbocycles. The number of amides is 1. The predicted octanol–water partition coefficient (Wildman–Crippen LogP) is 5.96. The van der Waals surface area contributed by atoms with E-state index >= 15 is 0 Å². The van der Waals surface area contributed by atoms with Gasteiger partial charge in [-0.15, -0.1) is 0 Å². The van der Waals surface area contributed by atoms with E-state index in [1.807, 2.05) is 30.3 Å². The number of allylic oxidation sites excluding steroid dienone is 1. The molecule has 1 fully saturated rings. The standard InChI is InChI=1S/C23H19ClN2O3/c24-17-7-1-6-16(13-17)23(27)26-22(20-10-4-12-29-20)19-9-2-5-15(21(19)25-26)14-18-8-3-11-28-18/h1,3-4,6-8,10-14,19,22H,2,5,9H2/b15-14-/t19-,22-/m1/s1. The summed E-state index contributed by atoms with van der Waals surface area (Å²) in [5, 5.41) is 6.89. The third-order valence-corrected chi connectivity index (χ3v) is 5.71. The predicted molar refractivity (Wildman–Crippen MR) is 111 cm³/mol. The molecule has 146 valence electrons. The van der Waals surface area contributed by atoms with Gasteiger partial charge in [0.2, 0.25) is 0 Å². The van der Waals surface area contributed by atoms with Gasteiger partial charge in [0.1, 0.15) is 17.6 Å². The van der Waals surface area contributed by atoms with Gasteiger partial charge in [-0.2, -0.15) is 5.10 Å². The molecule has 5 nitrogen and oxygen atoms in total. The lowest BCUT2D eigenvalue weighted by molar-refractivity contribution is 0.0656.